The van der Waals surface area contributed by atoms with E-state index in [9.17, 15) is 14.4 Å². The van der Waals surface area contributed by atoms with Gasteiger partial charge in [0.05, 0.1) is 12.1 Å². The number of anilines is 1. The van der Waals surface area contributed by atoms with Crippen LogP contribution in [-0.4, -0.2) is 35.0 Å². The van der Waals surface area contributed by atoms with Crippen molar-refractivity contribution < 1.29 is 19.5 Å². The van der Waals surface area contributed by atoms with Crippen molar-refractivity contribution in [3.8, 4) is 0 Å². The Labute approximate surface area is 116 Å². The van der Waals surface area contributed by atoms with E-state index in [0.717, 1.165) is 0 Å². The number of carboxylic acids is 1. The molecule has 1 aliphatic rings. The summed E-state index contributed by atoms with van der Waals surface area (Å²) >= 11 is 0. The highest BCUT2D eigenvalue weighted by Gasteiger charge is 2.41. The summed E-state index contributed by atoms with van der Waals surface area (Å²) in [5, 5.41) is 11.3. The highest BCUT2D eigenvalue weighted by atomic mass is 16.4. The monoisotopic (exact) mass is 276 g/mol. The minimum absolute atomic E-state index is 0.0601. The SMILES string of the molecule is Cc1cc(N2CC(=O)NC(=O)C2(C)C)ccc1C(=O)O. The second-order valence-corrected chi connectivity index (χ2v) is 5.33. The van der Waals surface area contributed by atoms with Crippen molar-refractivity contribution in [1.29, 1.82) is 0 Å². The van der Waals surface area contributed by atoms with Gasteiger partial charge in [0, 0.05) is 5.69 Å². The number of hydrogen-bond acceptors (Lipinski definition) is 4. The summed E-state index contributed by atoms with van der Waals surface area (Å²) in [5.74, 6) is -1.73. The zero-order valence-corrected chi connectivity index (χ0v) is 11.6. The molecule has 0 saturated carbocycles. The van der Waals surface area contributed by atoms with Gasteiger partial charge in [-0.25, -0.2) is 4.79 Å². The van der Waals surface area contributed by atoms with Crippen molar-refractivity contribution in [1.82, 2.24) is 5.32 Å². The van der Waals surface area contributed by atoms with Crippen LogP contribution in [0.5, 0.6) is 0 Å². The second-order valence-electron chi connectivity index (χ2n) is 5.33. The molecule has 0 aromatic heterocycles. The topological polar surface area (TPSA) is 86.7 Å². The number of amides is 2. The van der Waals surface area contributed by atoms with Crippen molar-refractivity contribution in [2.24, 2.45) is 0 Å². The fraction of sp³-hybridized carbons (Fsp3) is 0.357. The molecule has 1 aromatic rings. The third-order valence-electron chi connectivity index (χ3n) is 3.54. The lowest BCUT2D eigenvalue weighted by Gasteiger charge is -2.42. The largest absolute Gasteiger partial charge is 0.478 e. The molecule has 1 aromatic carbocycles. The summed E-state index contributed by atoms with van der Waals surface area (Å²) < 4.78 is 0. The third-order valence-corrected chi connectivity index (χ3v) is 3.54. The van der Waals surface area contributed by atoms with E-state index in [1.165, 1.54) is 6.07 Å². The van der Waals surface area contributed by atoms with Crippen LogP contribution < -0.4 is 10.2 Å². The maximum atomic E-state index is 11.9. The quantitative estimate of drug-likeness (QED) is 0.785. The Balaban J connectivity index is 2.44. The summed E-state index contributed by atoms with van der Waals surface area (Å²) in [4.78, 5) is 36.1. The van der Waals surface area contributed by atoms with Gasteiger partial charge in [-0.05, 0) is 44.5 Å². The molecular formula is C14H16N2O4. The summed E-state index contributed by atoms with van der Waals surface area (Å²) in [6, 6.07) is 4.78. The first-order valence-corrected chi connectivity index (χ1v) is 6.19. The number of piperazine rings is 1. The number of carboxylic acid groups (broad SMARTS) is 1. The lowest BCUT2D eigenvalue weighted by Crippen LogP contribution is -2.64. The van der Waals surface area contributed by atoms with Gasteiger partial charge >= 0.3 is 5.97 Å². The summed E-state index contributed by atoms with van der Waals surface area (Å²) in [6.45, 7) is 5.18. The number of carbonyl (C=O) groups is 3. The minimum Gasteiger partial charge on any atom is -0.478 e. The van der Waals surface area contributed by atoms with Crippen LogP contribution >= 0.6 is 0 Å². The zero-order valence-electron chi connectivity index (χ0n) is 11.6. The Hall–Kier alpha value is -2.37. The molecule has 6 nitrogen and oxygen atoms in total. The van der Waals surface area contributed by atoms with E-state index in [1.54, 1.807) is 37.8 Å². The number of nitrogens with one attached hydrogen (secondary N) is 1. The number of hydrogen-bond donors (Lipinski definition) is 2. The Morgan fingerprint density at radius 1 is 1.35 bits per heavy atom. The molecule has 6 heteroatoms. The molecule has 0 unspecified atom stereocenters. The maximum absolute atomic E-state index is 11.9. The molecule has 1 heterocycles. The van der Waals surface area contributed by atoms with E-state index >= 15 is 0 Å². The fourth-order valence-electron chi connectivity index (χ4n) is 2.25. The predicted octanol–water partition coefficient (Wildman–Crippen LogP) is 0.935. The Morgan fingerprint density at radius 2 is 2.00 bits per heavy atom. The van der Waals surface area contributed by atoms with Gasteiger partial charge in [-0.3, -0.25) is 14.9 Å². The van der Waals surface area contributed by atoms with Crippen LogP contribution in [0.4, 0.5) is 5.69 Å². The minimum atomic E-state index is -0.999. The standard InChI is InChI=1S/C14H16N2O4/c1-8-6-9(4-5-10(8)12(18)19)16-7-11(17)15-13(20)14(16,2)3/h4-6H,7H2,1-3H3,(H,18,19)(H,15,17,20). The molecule has 2 rings (SSSR count). The van der Waals surface area contributed by atoms with Crippen molar-refractivity contribution in [3.63, 3.8) is 0 Å². The van der Waals surface area contributed by atoms with Gasteiger partial charge in [-0.1, -0.05) is 0 Å². The Bertz CT molecular complexity index is 607. The number of aryl methyl sites for hydroxylation is 1. The third kappa shape index (κ3) is 2.24. The first-order valence-electron chi connectivity index (χ1n) is 6.19. The normalized spacial score (nSPS) is 17.9. The van der Waals surface area contributed by atoms with Crippen LogP contribution in [0.15, 0.2) is 18.2 Å². The highest BCUT2D eigenvalue weighted by molar-refractivity contribution is 6.06. The fourth-order valence-corrected chi connectivity index (χ4v) is 2.25. The highest BCUT2D eigenvalue weighted by Crippen LogP contribution is 2.28. The average molecular weight is 276 g/mol. The molecule has 0 spiro atoms. The van der Waals surface area contributed by atoms with Gasteiger partial charge in [0.1, 0.15) is 5.54 Å². The van der Waals surface area contributed by atoms with Crippen molar-refractivity contribution in [2.75, 3.05) is 11.4 Å². The van der Waals surface area contributed by atoms with E-state index < -0.39 is 11.5 Å². The van der Waals surface area contributed by atoms with E-state index in [2.05, 4.69) is 5.32 Å². The number of rotatable bonds is 2. The summed E-state index contributed by atoms with van der Waals surface area (Å²) in [7, 11) is 0. The molecule has 1 aliphatic heterocycles. The first-order chi connectivity index (χ1) is 9.23. The van der Waals surface area contributed by atoms with Crippen LogP contribution in [0.25, 0.3) is 0 Å². The van der Waals surface area contributed by atoms with Crippen molar-refractivity contribution >= 4 is 23.5 Å². The van der Waals surface area contributed by atoms with Crippen LogP contribution in [-0.2, 0) is 9.59 Å². The molecule has 1 saturated heterocycles. The summed E-state index contributed by atoms with van der Waals surface area (Å²) in [6.07, 6.45) is 0. The first kappa shape index (κ1) is 14.0. The van der Waals surface area contributed by atoms with Crippen molar-refractivity contribution in [2.45, 2.75) is 26.3 Å². The van der Waals surface area contributed by atoms with Crippen LogP contribution in [0.1, 0.15) is 29.8 Å². The van der Waals surface area contributed by atoms with Crippen LogP contribution in [0.3, 0.4) is 0 Å². The molecule has 0 aliphatic carbocycles. The molecule has 0 radical (unpaired) electrons. The maximum Gasteiger partial charge on any atom is 0.335 e. The molecule has 2 N–H and O–H groups in total. The van der Waals surface area contributed by atoms with Crippen LogP contribution in [0, 0.1) is 6.92 Å². The number of nitrogens with zero attached hydrogens (tertiary/aromatic N) is 1. The zero-order chi connectivity index (χ0) is 15.1. The molecule has 0 atom stereocenters. The molecule has 2 amide bonds. The van der Waals surface area contributed by atoms with E-state index in [4.69, 9.17) is 5.11 Å². The number of benzene rings is 1. The van der Waals surface area contributed by atoms with E-state index in [0.29, 0.717) is 11.3 Å². The number of aromatic carboxylic acids is 1. The van der Waals surface area contributed by atoms with Gasteiger partial charge in [-0.15, -0.1) is 0 Å². The second kappa shape index (κ2) is 4.63. The van der Waals surface area contributed by atoms with Gasteiger partial charge in [-0.2, -0.15) is 0 Å². The molecule has 0 bridgehead atoms. The van der Waals surface area contributed by atoms with Crippen molar-refractivity contribution in [3.05, 3.63) is 29.3 Å². The average Bonchev–Trinajstić information content (AvgIpc) is 2.33. The van der Waals surface area contributed by atoms with Gasteiger partial charge in [0.15, 0.2) is 0 Å². The van der Waals surface area contributed by atoms with Gasteiger partial charge in [0.25, 0.3) is 5.91 Å². The molecule has 106 valence electrons. The van der Waals surface area contributed by atoms with Crippen LogP contribution in [0.2, 0.25) is 0 Å². The lowest BCUT2D eigenvalue weighted by atomic mass is 9.96. The number of carbonyl (C=O) groups excluding carboxylic acids is 2. The molecule has 20 heavy (non-hydrogen) atoms. The Morgan fingerprint density at radius 3 is 2.55 bits per heavy atom. The van der Waals surface area contributed by atoms with E-state index in [-0.39, 0.29) is 23.9 Å². The molecule has 1 fully saturated rings. The summed E-state index contributed by atoms with van der Waals surface area (Å²) in [5.41, 5.74) is 0.578. The predicted molar refractivity (Wildman–Crippen MR) is 72.7 cm³/mol. The van der Waals surface area contributed by atoms with Gasteiger partial charge < -0.3 is 10.0 Å². The van der Waals surface area contributed by atoms with E-state index in [1.807, 2.05) is 0 Å². The van der Waals surface area contributed by atoms with Gasteiger partial charge in [0.2, 0.25) is 5.91 Å². The Kier molecular flexibility index (Phi) is 3.25. The number of imide groups is 1. The smallest absolute Gasteiger partial charge is 0.335 e. The molecular weight excluding hydrogens is 260 g/mol. The lowest BCUT2D eigenvalue weighted by molar-refractivity contribution is -0.135.